The third-order valence-corrected chi connectivity index (χ3v) is 3.98. The Labute approximate surface area is 157 Å². The van der Waals surface area contributed by atoms with Crippen molar-refractivity contribution in [1.29, 1.82) is 0 Å². The van der Waals surface area contributed by atoms with E-state index in [0.717, 1.165) is 6.42 Å². The van der Waals surface area contributed by atoms with Crippen molar-refractivity contribution in [3.05, 3.63) is 95.6 Å². The van der Waals surface area contributed by atoms with Crippen molar-refractivity contribution in [1.82, 2.24) is 5.32 Å². The minimum Gasteiger partial charge on any atom is -0.465 e. The highest BCUT2D eigenvalue weighted by Crippen LogP contribution is 2.13. The van der Waals surface area contributed by atoms with Gasteiger partial charge in [0, 0.05) is 17.3 Å². The molecule has 2 amide bonds. The Morgan fingerprint density at radius 3 is 2.33 bits per heavy atom. The predicted octanol–water partition coefficient (Wildman–Crippen LogP) is 4.25. The first kappa shape index (κ1) is 18.2. The lowest BCUT2D eigenvalue weighted by Crippen LogP contribution is -2.30. The van der Waals surface area contributed by atoms with E-state index in [1.54, 1.807) is 36.4 Å². The molecule has 0 bridgehead atoms. The van der Waals surface area contributed by atoms with Gasteiger partial charge in [0.15, 0.2) is 0 Å². The molecule has 0 aliphatic rings. The molecule has 2 N–H and O–H groups in total. The largest absolute Gasteiger partial charge is 0.465 e. The van der Waals surface area contributed by atoms with Crippen LogP contribution in [0.1, 0.15) is 28.6 Å². The third kappa shape index (κ3) is 4.95. The summed E-state index contributed by atoms with van der Waals surface area (Å²) in [5.74, 6) is -0.334. The average Bonchev–Trinajstić information content (AvgIpc) is 3.22. The summed E-state index contributed by atoms with van der Waals surface area (Å²) in [7, 11) is 0. The molecule has 0 fully saturated rings. The molecule has 5 heteroatoms. The second kappa shape index (κ2) is 8.67. The zero-order chi connectivity index (χ0) is 19.1. The van der Waals surface area contributed by atoms with Crippen LogP contribution < -0.4 is 10.6 Å². The highest BCUT2D eigenvalue weighted by Gasteiger charge is 2.15. The number of anilines is 1. The van der Waals surface area contributed by atoms with Crippen LogP contribution in [0.3, 0.4) is 0 Å². The quantitative estimate of drug-likeness (QED) is 0.646. The monoisotopic (exact) mass is 360 g/mol. The number of hydrogen-bond donors (Lipinski definition) is 2. The molecular formula is C22H20N2O3. The number of carbonyl (C=O) groups is 2. The number of benzene rings is 2. The molecule has 0 radical (unpaired) electrons. The smallest absolute Gasteiger partial charge is 0.272 e. The summed E-state index contributed by atoms with van der Waals surface area (Å²) in [6, 6.07) is 19.7. The molecule has 0 atom stereocenters. The molecular weight excluding hydrogens is 340 g/mol. The zero-order valence-corrected chi connectivity index (χ0v) is 14.9. The summed E-state index contributed by atoms with van der Waals surface area (Å²) in [6.45, 7) is 2.07. The van der Waals surface area contributed by atoms with Crippen LogP contribution in [0.15, 0.2) is 83.1 Å². The number of hydrogen-bond acceptors (Lipinski definition) is 3. The van der Waals surface area contributed by atoms with Crippen molar-refractivity contribution < 1.29 is 14.0 Å². The summed E-state index contributed by atoms with van der Waals surface area (Å²) in [5.41, 5.74) is 2.38. The van der Waals surface area contributed by atoms with Crippen molar-refractivity contribution in [2.75, 3.05) is 5.32 Å². The summed E-state index contributed by atoms with van der Waals surface area (Å²) in [4.78, 5) is 25.2. The van der Waals surface area contributed by atoms with Crippen molar-refractivity contribution in [3.8, 4) is 0 Å². The highest BCUT2D eigenvalue weighted by molar-refractivity contribution is 6.10. The fraction of sp³-hybridized carbons (Fsp3) is 0.0909. The second-order valence-corrected chi connectivity index (χ2v) is 5.90. The molecule has 0 unspecified atom stereocenters. The molecule has 0 aliphatic carbocycles. The first-order chi connectivity index (χ1) is 13.2. The van der Waals surface area contributed by atoms with Crippen molar-refractivity contribution >= 4 is 23.6 Å². The second-order valence-electron chi connectivity index (χ2n) is 5.90. The van der Waals surface area contributed by atoms with Crippen molar-refractivity contribution in [2.24, 2.45) is 0 Å². The zero-order valence-electron chi connectivity index (χ0n) is 14.9. The van der Waals surface area contributed by atoms with Gasteiger partial charge in [0.05, 0.1) is 6.26 Å². The van der Waals surface area contributed by atoms with Gasteiger partial charge in [-0.1, -0.05) is 37.3 Å². The van der Waals surface area contributed by atoms with Crippen molar-refractivity contribution in [3.63, 3.8) is 0 Å². The Balaban J connectivity index is 1.80. The SMILES string of the molecule is CCc1ccc(NC(=O)/C(=C/c2ccco2)NC(=O)c2ccccc2)cc1. The highest BCUT2D eigenvalue weighted by atomic mass is 16.3. The summed E-state index contributed by atoms with van der Waals surface area (Å²) in [6.07, 6.45) is 3.92. The van der Waals surface area contributed by atoms with E-state index in [2.05, 4.69) is 17.6 Å². The lowest BCUT2D eigenvalue weighted by molar-refractivity contribution is -0.113. The first-order valence-electron chi connectivity index (χ1n) is 8.67. The van der Waals surface area contributed by atoms with Gasteiger partial charge in [0.1, 0.15) is 11.5 Å². The lowest BCUT2D eigenvalue weighted by Gasteiger charge is -2.11. The predicted molar refractivity (Wildman–Crippen MR) is 105 cm³/mol. The number of amides is 2. The fourth-order valence-corrected chi connectivity index (χ4v) is 2.48. The lowest BCUT2D eigenvalue weighted by atomic mass is 10.1. The van der Waals surface area contributed by atoms with E-state index in [1.165, 1.54) is 17.9 Å². The molecule has 27 heavy (non-hydrogen) atoms. The van der Waals surface area contributed by atoms with Crippen LogP contribution in [-0.2, 0) is 11.2 Å². The summed E-state index contributed by atoms with van der Waals surface area (Å²) < 4.78 is 5.27. The van der Waals surface area contributed by atoms with Gasteiger partial charge < -0.3 is 15.1 Å². The van der Waals surface area contributed by atoms with Gasteiger partial charge in [0.25, 0.3) is 11.8 Å². The van der Waals surface area contributed by atoms with Crippen LogP contribution in [0.25, 0.3) is 6.08 Å². The Kier molecular flexibility index (Phi) is 5.84. The molecule has 0 saturated heterocycles. The van der Waals surface area contributed by atoms with E-state index in [4.69, 9.17) is 4.42 Å². The Hall–Kier alpha value is -3.60. The number of furan rings is 1. The molecule has 0 spiro atoms. The normalized spacial score (nSPS) is 11.1. The van der Waals surface area contributed by atoms with Gasteiger partial charge in [-0.05, 0) is 48.4 Å². The van der Waals surface area contributed by atoms with Gasteiger partial charge in [-0.2, -0.15) is 0 Å². The van der Waals surface area contributed by atoms with E-state index in [-0.39, 0.29) is 11.6 Å². The Bertz CT molecular complexity index is 927. The van der Waals surface area contributed by atoms with E-state index >= 15 is 0 Å². The van der Waals surface area contributed by atoms with Gasteiger partial charge in [0.2, 0.25) is 0 Å². The van der Waals surface area contributed by atoms with Crippen LogP contribution in [0.5, 0.6) is 0 Å². The van der Waals surface area contributed by atoms with Gasteiger partial charge in [-0.25, -0.2) is 0 Å². The van der Waals surface area contributed by atoms with E-state index < -0.39 is 5.91 Å². The molecule has 0 saturated carbocycles. The van der Waals surface area contributed by atoms with E-state index in [9.17, 15) is 9.59 Å². The van der Waals surface area contributed by atoms with Gasteiger partial charge >= 0.3 is 0 Å². The van der Waals surface area contributed by atoms with Gasteiger partial charge in [-0.15, -0.1) is 0 Å². The van der Waals surface area contributed by atoms with Gasteiger partial charge in [-0.3, -0.25) is 9.59 Å². The summed E-state index contributed by atoms with van der Waals surface area (Å²) >= 11 is 0. The number of carbonyl (C=O) groups excluding carboxylic acids is 2. The summed E-state index contributed by atoms with van der Waals surface area (Å²) in [5, 5.41) is 5.46. The molecule has 136 valence electrons. The molecule has 0 aliphatic heterocycles. The van der Waals surface area contributed by atoms with Crippen molar-refractivity contribution in [2.45, 2.75) is 13.3 Å². The van der Waals surface area contributed by atoms with Crippen LogP contribution in [0.4, 0.5) is 5.69 Å². The minimum atomic E-state index is -0.431. The molecule has 1 aromatic heterocycles. The molecule has 2 aromatic carbocycles. The average molecular weight is 360 g/mol. The Morgan fingerprint density at radius 2 is 1.70 bits per heavy atom. The number of aryl methyl sites for hydroxylation is 1. The van der Waals surface area contributed by atoms with Crippen LogP contribution in [0, 0.1) is 0 Å². The maximum absolute atomic E-state index is 12.7. The first-order valence-corrected chi connectivity index (χ1v) is 8.67. The number of rotatable bonds is 6. The van der Waals surface area contributed by atoms with Crippen LogP contribution in [0.2, 0.25) is 0 Å². The maximum atomic E-state index is 12.7. The van der Waals surface area contributed by atoms with E-state index in [1.807, 2.05) is 30.3 Å². The van der Waals surface area contributed by atoms with Crippen LogP contribution >= 0.6 is 0 Å². The third-order valence-electron chi connectivity index (χ3n) is 3.98. The standard InChI is InChI=1S/C22H20N2O3/c1-2-16-10-12-18(13-11-16)23-22(26)20(15-19-9-6-14-27-19)24-21(25)17-7-4-3-5-8-17/h3-15H,2H2,1H3,(H,23,26)(H,24,25)/b20-15-. The van der Waals surface area contributed by atoms with E-state index in [0.29, 0.717) is 17.0 Å². The van der Waals surface area contributed by atoms with Crippen LogP contribution in [-0.4, -0.2) is 11.8 Å². The minimum absolute atomic E-state index is 0.0957. The molecule has 3 aromatic rings. The molecule has 5 nitrogen and oxygen atoms in total. The molecule has 3 rings (SSSR count). The topological polar surface area (TPSA) is 71.3 Å². The fourth-order valence-electron chi connectivity index (χ4n) is 2.48. The number of nitrogens with one attached hydrogen (secondary N) is 2. The molecule has 1 heterocycles. The Morgan fingerprint density at radius 1 is 0.963 bits per heavy atom. The maximum Gasteiger partial charge on any atom is 0.272 e.